The molecule has 0 bridgehead atoms. The molecule has 1 unspecified atom stereocenters. The molecular formula is C24H28N4O2. The third kappa shape index (κ3) is 3.71. The molecule has 2 aromatic carbocycles. The van der Waals surface area contributed by atoms with E-state index < -0.39 is 0 Å². The maximum atomic E-state index is 13.0. The Morgan fingerprint density at radius 1 is 1.13 bits per heavy atom. The number of rotatable bonds is 5. The number of nitrogens with zero attached hydrogens (tertiary/aromatic N) is 3. The minimum absolute atomic E-state index is 0.0201. The summed E-state index contributed by atoms with van der Waals surface area (Å²) in [4.78, 5) is 15.3. The van der Waals surface area contributed by atoms with Gasteiger partial charge in [0.15, 0.2) is 0 Å². The van der Waals surface area contributed by atoms with E-state index in [-0.39, 0.29) is 11.9 Å². The van der Waals surface area contributed by atoms with Gasteiger partial charge in [0.25, 0.3) is 0 Å². The van der Waals surface area contributed by atoms with E-state index in [9.17, 15) is 4.79 Å². The number of carbonyl (C=O) groups is 1. The highest BCUT2D eigenvalue weighted by Crippen LogP contribution is 2.33. The Morgan fingerprint density at radius 2 is 1.90 bits per heavy atom. The number of para-hydroxylation sites is 1. The number of nitrogens with one attached hydrogen (secondary N) is 1. The molecule has 2 heterocycles. The van der Waals surface area contributed by atoms with Crippen molar-refractivity contribution in [3.05, 3.63) is 76.6 Å². The standard InChI is InChI=1S/C24H28N4O2/c1-16-10-11-21(30-4)19(14-16)15-27-13-12-25-24(29)23(27)22-17(2)26-28(18(22)3)20-8-6-5-7-9-20/h5-11,14,23H,12-13,15H2,1-4H3,(H,25,29). The van der Waals surface area contributed by atoms with Crippen molar-refractivity contribution < 1.29 is 9.53 Å². The molecule has 1 aromatic heterocycles. The Bertz CT molecular complexity index is 1060. The van der Waals surface area contributed by atoms with Crippen molar-refractivity contribution in [3.8, 4) is 11.4 Å². The molecule has 3 aromatic rings. The molecule has 1 fully saturated rings. The fraction of sp³-hybridized carbons (Fsp3) is 0.333. The summed E-state index contributed by atoms with van der Waals surface area (Å²) in [6.07, 6.45) is 0. The molecule has 0 aliphatic carbocycles. The first kappa shape index (κ1) is 20.2. The number of hydrogen-bond donors (Lipinski definition) is 1. The first-order chi connectivity index (χ1) is 14.5. The Balaban J connectivity index is 1.74. The maximum Gasteiger partial charge on any atom is 0.242 e. The summed E-state index contributed by atoms with van der Waals surface area (Å²) in [5, 5.41) is 7.81. The van der Waals surface area contributed by atoms with Gasteiger partial charge in [-0.2, -0.15) is 5.10 Å². The fourth-order valence-electron chi connectivity index (χ4n) is 4.32. The number of aryl methyl sites for hydroxylation is 2. The monoisotopic (exact) mass is 404 g/mol. The highest BCUT2D eigenvalue weighted by Gasteiger charge is 2.35. The summed E-state index contributed by atoms with van der Waals surface area (Å²) >= 11 is 0. The first-order valence-electron chi connectivity index (χ1n) is 10.3. The quantitative estimate of drug-likeness (QED) is 0.707. The van der Waals surface area contributed by atoms with Gasteiger partial charge in [0.05, 0.1) is 18.5 Å². The summed E-state index contributed by atoms with van der Waals surface area (Å²) in [5.74, 6) is 0.866. The number of aromatic nitrogens is 2. The number of ether oxygens (including phenoxy) is 1. The largest absolute Gasteiger partial charge is 0.496 e. The van der Waals surface area contributed by atoms with Crippen molar-refractivity contribution in [2.75, 3.05) is 20.2 Å². The Morgan fingerprint density at radius 3 is 2.63 bits per heavy atom. The lowest BCUT2D eigenvalue weighted by Crippen LogP contribution is -2.49. The van der Waals surface area contributed by atoms with Crippen LogP contribution in [0, 0.1) is 20.8 Å². The number of amides is 1. The average molecular weight is 405 g/mol. The van der Waals surface area contributed by atoms with E-state index in [1.807, 2.05) is 61.0 Å². The van der Waals surface area contributed by atoms with E-state index in [2.05, 4.69) is 23.2 Å². The fourth-order valence-corrected chi connectivity index (χ4v) is 4.32. The second-order valence-electron chi connectivity index (χ2n) is 7.81. The van der Waals surface area contributed by atoms with Gasteiger partial charge in [-0.1, -0.05) is 35.9 Å². The summed E-state index contributed by atoms with van der Waals surface area (Å²) in [6, 6.07) is 15.8. The van der Waals surface area contributed by atoms with Crippen molar-refractivity contribution in [1.82, 2.24) is 20.0 Å². The van der Waals surface area contributed by atoms with Gasteiger partial charge >= 0.3 is 0 Å². The Hall–Kier alpha value is -3.12. The number of hydrogen-bond acceptors (Lipinski definition) is 4. The van der Waals surface area contributed by atoms with Crippen LogP contribution in [0.25, 0.3) is 5.69 Å². The van der Waals surface area contributed by atoms with Crippen molar-refractivity contribution in [2.24, 2.45) is 0 Å². The lowest BCUT2D eigenvalue weighted by atomic mass is 9.99. The number of piperazine rings is 1. The Kier molecular flexibility index (Phi) is 5.59. The van der Waals surface area contributed by atoms with Crippen LogP contribution in [0.5, 0.6) is 5.75 Å². The van der Waals surface area contributed by atoms with E-state index in [0.29, 0.717) is 13.1 Å². The topological polar surface area (TPSA) is 59.4 Å². The van der Waals surface area contributed by atoms with Crippen LogP contribution in [0.15, 0.2) is 48.5 Å². The lowest BCUT2D eigenvalue weighted by molar-refractivity contribution is -0.129. The number of benzene rings is 2. The molecule has 1 aliphatic heterocycles. The van der Waals surface area contributed by atoms with Gasteiger partial charge in [-0.25, -0.2) is 4.68 Å². The van der Waals surface area contributed by atoms with Gasteiger partial charge in [-0.3, -0.25) is 9.69 Å². The second kappa shape index (κ2) is 8.32. The van der Waals surface area contributed by atoms with E-state index in [1.165, 1.54) is 5.56 Å². The molecule has 4 rings (SSSR count). The third-order valence-corrected chi connectivity index (χ3v) is 5.74. The van der Waals surface area contributed by atoms with E-state index in [4.69, 9.17) is 9.84 Å². The van der Waals surface area contributed by atoms with Gasteiger partial charge in [0, 0.05) is 36.5 Å². The minimum Gasteiger partial charge on any atom is -0.496 e. The normalized spacial score (nSPS) is 17.1. The molecular weight excluding hydrogens is 376 g/mol. The molecule has 1 amide bonds. The molecule has 1 aliphatic rings. The summed E-state index contributed by atoms with van der Waals surface area (Å²) in [7, 11) is 1.69. The predicted octanol–water partition coefficient (Wildman–Crippen LogP) is 3.48. The van der Waals surface area contributed by atoms with E-state index in [1.54, 1.807) is 7.11 Å². The number of methoxy groups -OCH3 is 1. The molecule has 6 nitrogen and oxygen atoms in total. The summed E-state index contributed by atoms with van der Waals surface area (Å²) < 4.78 is 7.50. The molecule has 1 saturated heterocycles. The summed E-state index contributed by atoms with van der Waals surface area (Å²) in [5.41, 5.74) is 6.09. The zero-order valence-corrected chi connectivity index (χ0v) is 18.0. The van der Waals surface area contributed by atoms with E-state index >= 15 is 0 Å². The van der Waals surface area contributed by atoms with Crippen LogP contribution in [0.4, 0.5) is 0 Å². The average Bonchev–Trinajstić information content (AvgIpc) is 3.03. The molecule has 0 radical (unpaired) electrons. The van der Waals surface area contributed by atoms with Crippen molar-refractivity contribution in [3.63, 3.8) is 0 Å². The van der Waals surface area contributed by atoms with Crippen LogP contribution >= 0.6 is 0 Å². The highest BCUT2D eigenvalue weighted by atomic mass is 16.5. The smallest absolute Gasteiger partial charge is 0.242 e. The van der Waals surface area contributed by atoms with Crippen LogP contribution in [0.1, 0.15) is 34.1 Å². The van der Waals surface area contributed by atoms with Crippen LogP contribution < -0.4 is 10.1 Å². The third-order valence-electron chi connectivity index (χ3n) is 5.74. The highest BCUT2D eigenvalue weighted by molar-refractivity contribution is 5.84. The Labute approximate surface area is 177 Å². The van der Waals surface area contributed by atoms with Gasteiger partial charge in [0.1, 0.15) is 11.8 Å². The lowest BCUT2D eigenvalue weighted by Gasteiger charge is -2.35. The molecule has 6 heteroatoms. The number of carbonyl (C=O) groups excluding carboxylic acids is 1. The molecule has 156 valence electrons. The van der Waals surface area contributed by atoms with Gasteiger partial charge in [-0.15, -0.1) is 0 Å². The van der Waals surface area contributed by atoms with Crippen LogP contribution in [0.3, 0.4) is 0 Å². The predicted molar refractivity (Wildman–Crippen MR) is 117 cm³/mol. The second-order valence-corrected chi connectivity index (χ2v) is 7.81. The van der Waals surface area contributed by atoms with Crippen LogP contribution in [0.2, 0.25) is 0 Å². The van der Waals surface area contributed by atoms with Crippen molar-refractivity contribution >= 4 is 5.91 Å². The zero-order chi connectivity index (χ0) is 21.3. The van der Waals surface area contributed by atoms with E-state index in [0.717, 1.165) is 40.5 Å². The molecule has 0 saturated carbocycles. The van der Waals surface area contributed by atoms with Gasteiger partial charge < -0.3 is 10.1 Å². The molecule has 1 atom stereocenters. The van der Waals surface area contributed by atoms with Crippen LogP contribution in [-0.4, -0.2) is 40.8 Å². The zero-order valence-electron chi connectivity index (χ0n) is 18.0. The van der Waals surface area contributed by atoms with Crippen molar-refractivity contribution in [1.29, 1.82) is 0 Å². The molecule has 1 N–H and O–H groups in total. The van der Waals surface area contributed by atoms with Gasteiger partial charge in [-0.05, 0) is 39.0 Å². The first-order valence-corrected chi connectivity index (χ1v) is 10.3. The molecule has 0 spiro atoms. The molecule has 30 heavy (non-hydrogen) atoms. The van der Waals surface area contributed by atoms with Gasteiger partial charge in [0.2, 0.25) is 5.91 Å². The van der Waals surface area contributed by atoms with Crippen LogP contribution in [-0.2, 0) is 11.3 Å². The maximum absolute atomic E-state index is 13.0. The minimum atomic E-state index is -0.388. The summed E-state index contributed by atoms with van der Waals surface area (Å²) in [6.45, 7) is 8.13. The van der Waals surface area contributed by atoms with Crippen molar-refractivity contribution in [2.45, 2.75) is 33.4 Å². The SMILES string of the molecule is COc1ccc(C)cc1CN1CCNC(=O)C1c1c(C)nn(-c2ccccc2)c1C.